The lowest BCUT2D eigenvalue weighted by Crippen LogP contribution is -2.36. The Bertz CT molecular complexity index is 677. The molecule has 0 heterocycles. The first-order chi connectivity index (χ1) is 12.5. The largest absolute Gasteiger partial charge is 0.416 e. The molecular weight excluding hydrogens is 357 g/mol. The van der Waals surface area contributed by atoms with E-state index in [1.807, 2.05) is 0 Å². The van der Waals surface area contributed by atoms with E-state index in [2.05, 4.69) is 5.32 Å². The Hall–Kier alpha value is -2.05. The summed E-state index contributed by atoms with van der Waals surface area (Å²) in [5.41, 5.74) is -1.07. The zero-order valence-electron chi connectivity index (χ0n) is 16.0. The highest BCUT2D eigenvalue weighted by Crippen LogP contribution is 2.35. The minimum absolute atomic E-state index is 0.0166. The molecule has 0 atom stereocenters. The first-order valence-electron chi connectivity index (χ1n) is 9.23. The molecule has 1 aromatic carbocycles. The Morgan fingerprint density at radius 3 is 2.33 bits per heavy atom. The highest BCUT2D eigenvalue weighted by molar-refractivity contribution is 5.81. The van der Waals surface area contributed by atoms with Crippen LogP contribution >= 0.6 is 0 Å². The fourth-order valence-corrected chi connectivity index (χ4v) is 2.78. The van der Waals surface area contributed by atoms with Crippen LogP contribution in [0.25, 0.3) is 0 Å². The Labute approximate surface area is 158 Å². The van der Waals surface area contributed by atoms with Gasteiger partial charge < -0.3 is 10.2 Å². The minimum atomic E-state index is -4.44. The molecule has 1 aliphatic carbocycles. The van der Waals surface area contributed by atoms with Crippen LogP contribution < -0.4 is 5.32 Å². The van der Waals surface area contributed by atoms with Gasteiger partial charge in [-0.25, -0.2) is 0 Å². The number of carbonyl (C=O) groups is 2. The molecule has 0 spiro atoms. The minimum Gasteiger partial charge on any atom is -0.356 e. The van der Waals surface area contributed by atoms with E-state index in [4.69, 9.17) is 0 Å². The summed E-state index contributed by atoms with van der Waals surface area (Å²) in [6, 6.07) is 5.40. The van der Waals surface area contributed by atoms with Crippen molar-refractivity contribution >= 4 is 11.8 Å². The molecule has 1 N–H and O–H groups in total. The molecule has 1 saturated carbocycles. The number of rotatable bonds is 7. The zero-order valence-corrected chi connectivity index (χ0v) is 16.0. The number of hydrogen-bond acceptors (Lipinski definition) is 2. The van der Waals surface area contributed by atoms with Crippen molar-refractivity contribution < 1.29 is 22.8 Å². The summed E-state index contributed by atoms with van der Waals surface area (Å²) >= 11 is 0. The first-order valence-corrected chi connectivity index (χ1v) is 9.23. The maximum atomic E-state index is 13.2. The third-order valence-corrected chi connectivity index (χ3v) is 4.51. The first kappa shape index (κ1) is 21.3. The molecule has 0 aliphatic heterocycles. The van der Waals surface area contributed by atoms with Crippen LogP contribution in [0.4, 0.5) is 13.2 Å². The van der Waals surface area contributed by atoms with Crippen LogP contribution in [-0.2, 0) is 22.3 Å². The molecule has 0 unspecified atom stereocenters. The highest BCUT2D eigenvalue weighted by Gasteiger charge is 2.36. The van der Waals surface area contributed by atoms with Crippen molar-refractivity contribution in [1.29, 1.82) is 0 Å². The number of alkyl halides is 3. The number of amides is 2. The summed E-state index contributed by atoms with van der Waals surface area (Å²) in [6.07, 6.45) is -2.13. The lowest BCUT2D eigenvalue weighted by Gasteiger charge is -2.25. The monoisotopic (exact) mass is 384 g/mol. The van der Waals surface area contributed by atoms with Crippen LogP contribution in [0.2, 0.25) is 0 Å². The molecule has 2 rings (SSSR count). The van der Waals surface area contributed by atoms with Crippen LogP contribution in [0.15, 0.2) is 24.3 Å². The predicted molar refractivity (Wildman–Crippen MR) is 96.7 cm³/mol. The second-order valence-electron chi connectivity index (χ2n) is 8.02. The molecule has 150 valence electrons. The molecule has 2 amide bonds. The Morgan fingerprint density at radius 1 is 1.15 bits per heavy atom. The highest BCUT2D eigenvalue weighted by atomic mass is 19.4. The van der Waals surface area contributed by atoms with Crippen molar-refractivity contribution in [3.63, 3.8) is 0 Å². The number of benzene rings is 1. The van der Waals surface area contributed by atoms with Gasteiger partial charge in [0.25, 0.3) is 0 Å². The molecule has 1 fully saturated rings. The van der Waals surface area contributed by atoms with Crippen molar-refractivity contribution in [1.82, 2.24) is 10.2 Å². The number of hydrogen-bond donors (Lipinski definition) is 1. The number of carbonyl (C=O) groups excluding carboxylic acids is 2. The van der Waals surface area contributed by atoms with E-state index in [1.54, 1.807) is 31.7 Å². The fraction of sp³-hybridized carbons (Fsp3) is 0.600. The zero-order chi connectivity index (χ0) is 20.2. The Morgan fingerprint density at radius 2 is 1.78 bits per heavy atom. The number of nitrogens with one attached hydrogen (secondary N) is 1. The molecule has 0 aromatic heterocycles. The van der Waals surface area contributed by atoms with Gasteiger partial charge in [0, 0.05) is 31.0 Å². The average molecular weight is 384 g/mol. The van der Waals surface area contributed by atoms with Gasteiger partial charge in [-0.1, -0.05) is 39.0 Å². The third-order valence-electron chi connectivity index (χ3n) is 4.51. The molecular formula is C20H27F3N2O2. The van der Waals surface area contributed by atoms with E-state index in [-0.39, 0.29) is 36.4 Å². The van der Waals surface area contributed by atoms with E-state index >= 15 is 0 Å². The van der Waals surface area contributed by atoms with Gasteiger partial charge in [0.05, 0.1) is 5.56 Å². The van der Waals surface area contributed by atoms with Crippen LogP contribution in [0.5, 0.6) is 0 Å². The van der Waals surface area contributed by atoms with E-state index in [0.717, 1.165) is 18.9 Å². The second kappa shape index (κ2) is 8.31. The summed E-state index contributed by atoms with van der Waals surface area (Å²) in [5, 5.41) is 2.78. The van der Waals surface area contributed by atoms with Crippen molar-refractivity contribution in [3.8, 4) is 0 Å². The van der Waals surface area contributed by atoms with Crippen molar-refractivity contribution in [2.24, 2.45) is 5.41 Å². The van der Waals surface area contributed by atoms with Gasteiger partial charge in [0.2, 0.25) is 11.8 Å². The molecule has 4 nitrogen and oxygen atoms in total. The van der Waals surface area contributed by atoms with Gasteiger partial charge in [0.15, 0.2) is 0 Å². The molecule has 0 bridgehead atoms. The summed E-state index contributed by atoms with van der Waals surface area (Å²) in [7, 11) is 0. The van der Waals surface area contributed by atoms with Gasteiger partial charge in [-0.2, -0.15) is 13.2 Å². The lowest BCUT2D eigenvalue weighted by atomic mass is 9.96. The van der Waals surface area contributed by atoms with Gasteiger partial charge >= 0.3 is 6.18 Å². The Kier molecular flexibility index (Phi) is 6.54. The van der Waals surface area contributed by atoms with Gasteiger partial charge in [0.1, 0.15) is 0 Å². The summed E-state index contributed by atoms with van der Waals surface area (Å²) in [6.45, 7) is 5.76. The predicted octanol–water partition coefficient (Wildman–Crippen LogP) is 4.14. The molecule has 27 heavy (non-hydrogen) atoms. The average Bonchev–Trinajstić information content (AvgIpc) is 3.39. The van der Waals surface area contributed by atoms with Crippen LogP contribution in [-0.4, -0.2) is 29.3 Å². The van der Waals surface area contributed by atoms with Crippen LogP contribution in [0.3, 0.4) is 0 Å². The van der Waals surface area contributed by atoms with E-state index < -0.39 is 17.2 Å². The van der Waals surface area contributed by atoms with Gasteiger partial charge in [-0.3, -0.25) is 9.59 Å². The topological polar surface area (TPSA) is 49.4 Å². The fourth-order valence-electron chi connectivity index (χ4n) is 2.78. The second-order valence-corrected chi connectivity index (χ2v) is 8.02. The van der Waals surface area contributed by atoms with Gasteiger partial charge in [-0.15, -0.1) is 0 Å². The molecule has 0 radical (unpaired) electrons. The molecule has 0 saturated heterocycles. The van der Waals surface area contributed by atoms with E-state index in [9.17, 15) is 22.8 Å². The lowest BCUT2D eigenvalue weighted by molar-refractivity contribution is -0.140. The van der Waals surface area contributed by atoms with Crippen molar-refractivity contribution in [2.75, 3.05) is 6.54 Å². The molecule has 1 aromatic rings. The number of halogens is 3. The third kappa shape index (κ3) is 6.26. The Balaban J connectivity index is 1.94. The molecule has 1 aliphatic rings. The smallest absolute Gasteiger partial charge is 0.356 e. The summed E-state index contributed by atoms with van der Waals surface area (Å²) in [4.78, 5) is 25.9. The standard InChI is InChI=1S/C20H27F3N2O2/c1-19(2,3)18(27)24-12-6-9-17(26)25(15-10-11-15)13-14-7-4-5-8-16(14)20(21,22)23/h4-5,7-8,15H,6,9-13H2,1-3H3,(H,24,27). The van der Waals surface area contributed by atoms with E-state index in [0.29, 0.717) is 13.0 Å². The van der Waals surface area contributed by atoms with Crippen LogP contribution in [0.1, 0.15) is 57.6 Å². The molecule has 7 heteroatoms. The maximum Gasteiger partial charge on any atom is 0.416 e. The van der Waals surface area contributed by atoms with Gasteiger partial charge in [-0.05, 0) is 30.9 Å². The number of nitrogens with zero attached hydrogens (tertiary/aromatic N) is 1. The summed E-state index contributed by atoms with van der Waals surface area (Å²) < 4.78 is 39.6. The normalized spacial score (nSPS) is 14.7. The van der Waals surface area contributed by atoms with Crippen molar-refractivity contribution in [2.45, 2.75) is 65.2 Å². The SMILES string of the molecule is CC(C)(C)C(=O)NCCCC(=O)N(Cc1ccccc1C(F)(F)F)C1CC1. The summed E-state index contributed by atoms with van der Waals surface area (Å²) in [5.74, 6) is -0.257. The van der Waals surface area contributed by atoms with Crippen LogP contribution in [0, 0.1) is 5.41 Å². The maximum absolute atomic E-state index is 13.2. The van der Waals surface area contributed by atoms with E-state index in [1.165, 1.54) is 12.1 Å². The quantitative estimate of drug-likeness (QED) is 0.719. The van der Waals surface area contributed by atoms with Crippen molar-refractivity contribution in [3.05, 3.63) is 35.4 Å².